The predicted molar refractivity (Wildman–Crippen MR) is 93.1 cm³/mol. The van der Waals surface area contributed by atoms with Gasteiger partial charge in [-0.05, 0) is 19.8 Å². The zero-order chi connectivity index (χ0) is 19.7. The molecule has 0 aromatic carbocycles. The number of Topliss-reactive ketones (excluding diaryl/α,β-unsaturated/α-hetero) is 1. The van der Waals surface area contributed by atoms with Crippen LogP contribution in [-0.2, 0) is 33.4 Å². The van der Waals surface area contributed by atoms with E-state index in [1.54, 1.807) is 0 Å². The normalized spacial score (nSPS) is 24.8. The highest BCUT2D eigenvalue weighted by molar-refractivity contribution is 5.80. The van der Waals surface area contributed by atoms with E-state index in [4.69, 9.17) is 9.47 Å². The summed E-state index contributed by atoms with van der Waals surface area (Å²) in [7, 11) is 1.37. The summed E-state index contributed by atoms with van der Waals surface area (Å²) in [6.45, 7) is 4.14. The van der Waals surface area contributed by atoms with Crippen LogP contribution in [0.2, 0.25) is 0 Å². The molecule has 0 bridgehead atoms. The second-order valence-electron chi connectivity index (χ2n) is 6.86. The molecule has 148 valence electrons. The smallest absolute Gasteiger partial charge is 0.305 e. The molecule has 0 aliphatic heterocycles. The molecule has 1 saturated carbocycles. The van der Waals surface area contributed by atoms with Crippen LogP contribution in [0.3, 0.4) is 0 Å². The molecule has 26 heavy (non-hydrogen) atoms. The Labute approximate surface area is 154 Å². The maximum atomic E-state index is 12.1. The number of hydrogen-bond donors (Lipinski definition) is 0. The van der Waals surface area contributed by atoms with Gasteiger partial charge in [0.2, 0.25) is 0 Å². The lowest BCUT2D eigenvalue weighted by Crippen LogP contribution is -2.31. The average molecular weight is 370 g/mol. The molecule has 0 spiro atoms. The van der Waals surface area contributed by atoms with Crippen LogP contribution in [0.5, 0.6) is 0 Å². The summed E-state index contributed by atoms with van der Waals surface area (Å²) in [6, 6.07) is 0. The zero-order valence-electron chi connectivity index (χ0n) is 16.1. The largest absolute Gasteiger partial charge is 0.469 e. The number of carbonyl (C=O) groups excluding carboxylic acids is 4. The molecule has 4 atom stereocenters. The summed E-state index contributed by atoms with van der Waals surface area (Å²) in [6.07, 6.45) is 3.91. The Bertz CT molecular complexity index is 514. The van der Waals surface area contributed by atoms with Gasteiger partial charge in [0.1, 0.15) is 18.0 Å². The summed E-state index contributed by atoms with van der Waals surface area (Å²) in [5.74, 6) is -1.70. The van der Waals surface area contributed by atoms with E-state index in [9.17, 15) is 19.2 Å². The van der Waals surface area contributed by atoms with Gasteiger partial charge < -0.3 is 14.2 Å². The average Bonchev–Trinajstić information content (AvgIpc) is 2.86. The third-order valence-electron chi connectivity index (χ3n) is 4.80. The van der Waals surface area contributed by atoms with Crippen molar-refractivity contribution in [1.82, 2.24) is 0 Å². The van der Waals surface area contributed by atoms with E-state index in [2.05, 4.69) is 4.74 Å². The van der Waals surface area contributed by atoms with Crippen LogP contribution in [0.25, 0.3) is 0 Å². The van der Waals surface area contributed by atoms with Gasteiger partial charge in [-0.3, -0.25) is 19.2 Å². The van der Waals surface area contributed by atoms with Crippen LogP contribution in [-0.4, -0.2) is 43.0 Å². The number of esters is 3. The molecule has 7 heteroatoms. The summed E-state index contributed by atoms with van der Waals surface area (Å²) < 4.78 is 15.3. The molecule has 0 saturated heterocycles. The van der Waals surface area contributed by atoms with Crippen molar-refractivity contribution < 1.29 is 33.4 Å². The van der Waals surface area contributed by atoms with Gasteiger partial charge in [0.25, 0.3) is 0 Å². The molecule has 0 N–H and O–H groups in total. The first kappa shape index (κ1) is 22.1. The lowest BCUT2D eigenvalue weighted by molar-refractivity contribution is -0.150. The highest BCUT2D eigenvalue weighted by atomic mass is 16.6. The number of ketones is 1. The van der Waals surface area contributed by atoms with Gasteiger partial charge >= 0.3 is 17.9 Å². The number of unbranched alkanes of at least 4 members (excludes halogenated alkanes) is 3. The molecule has 0 radical (unpaired) electrons. The van der Waals surface area contributed by atoms with Gasteiger partial charge in [-0.25, -0.2) is 0 Å². The Balaban J connectivity index is 2.62. The molecular weight excluding hydrogens is 340 g/mol. The van der Waals surface area contributed by atoms with E-state index in [1.807, 2.05) is 0 Å². The van der Waals surface area contributed by atoms with E-state index in [0.717, 1.165) is 25.7 Å². The van der Waals surface area contributed by atoms with Gasteiger partial charge in [0, 0.05) is 32.6 Å². The molecule has 4 unspecified atom stereocenters. The molecule has 1 aliphatic rings. The standard InChI is InChI=1S/C19H30O7/c1-12(20)19-15(9-7-5-6-8-10-18(23)24-4)16(25-13(2)21)11-17(19)26-14(3)22/h15-17,19H,5-11H2,1-4H3. The van der Waals surface area contributed by atoms with Crippen LogP contribution >= 0.6 is 0 Å². The first-order chi connectivity index (χ1) is 12.3. The maximum Gasteiger partial charge on any atom is 0.305 e. The van der Waals surface area contributed by atoms with E-state index in [1.165, 1.54) is 27.9 Å². The topological polar surface area (TPSA) is 96.0 Å². The van der Waals surface area contributed by atoms with Gasteiger partial charge in [-0.1, -0.05) is 19.3 Å². The molecule has 1 aliphatic carbocycles. The minimum absolute atomic E-state index is 0.0541. The maximum absolute atomic E-state index is 12.1. The molecule has 0 aromatic rings. The van der Waals surface area contributed by atoms with Crippen molar-refractivity contribution in [3.63, 3.8) is 0 Å². The summed E-state index contributed by atoms with van der Waals surface area (Å²) in [5, 5.41) is 0. The summed E-state index contributed by atoms with van der Waals surface area (Å²) in [5.41, 5.74) is 0. The molecular formula is C19H30O7. The molecule has 0 heterocycles. The number of ether oxygens (including phenoxy) is 3. The second kappa shape index (κ2) is 10.9. The molecule has 0 amide bonds. The quantitative estimate of drug-likeness (QED) is 0.331. The van der Waals surface area contributed by atoms with Crippen molar-refractivity contribution in [2.45, 2.75) is 77.9 Å². The SMILES string of the molecule is COC(=O)CCCCCCC1C(OC(C)=O)CC(OC(C)=O)C1C(C)=O. The minimum atomic E-state index is -0.543. The Kier molecular flexibility index (Phi) is 9.30. The van der Waals surface area contributed by atoms with Crippen LogP contribution in [0.4, 0.5) is 0 Å². The van der Waals surface area contributed by atoms with E-state index >= 15 is 0 Å². The van der Waals surface area contributed by atoms with Crippen LogP contribution < -0.4 is 0 Å². The fourth-order valence-corrected chi connectivity index (χ4v) is 3.77. The van der Waals surface area contributed by atoms with Crippen molar-refractivity contribution in [2.24, 2.45) is 11.8 Å². The van der Waals surface area contributed by atoms with E-state index in [-0.39, 0.29) is 17.7 Å². The third kappa shape index (κ3) is 7.14. The Morgan fingerprint density at radius 3 is 1.96 bits per heavy atom. The van der Waals surface area contributed by atoms with Crippen molar-refractivity contribution >= 4 is 23.7 Å². The van der Waals surface area contributed by atoms with Gasteiger partial charge in [-0.15, -0.1) is 0 Å². The lowest BCUT2D eigenvalue weighted by atomic mass is 9.86. The fourth-order valence-electron chi connectivity index (χ4n) is 3.77. The predicted octanol–water partition coefficient (Wildman–Crippen LogP) is 2.59. The number of hydrogen-bond acceptors (Lipinski definition) is 7. The molecule has 0 aromatic heterocycles. The van der Waals surface area contributed by atoms with Crippen LogP contribution in [0, 0.1) is 11.8 Å². The minimum Gasteiger partial charge on any atom is -0.469 e. The van der Waals surface area contributed by atoms with Crippen molar-refractivity contribution in [3.05, 3.63) is 0 Å². The Morgan fingerprint density at radius 2 is 1.42 bits per heavy atom. The van der Waals surface area contributed by atoms with E-state index in [0.29, 0.717) is 19.3 Å². The second-order valence-corrected chi connectivity index (χ2v) is 6.86. The molecule has 1 fully saturated rings. The molecule has 7 nitrogen and oxygen atoms in total. The van der Waals surface area contributed by atoms with Crippen molar-refractivity contribution in [3.8, 4) is 0 Å². The Morgan fingerprint density at radius 1 is 0.846 bits per heavy atom. The van der Waals surface area contributed by atoms with Gasteiger partial charge in [-0.2, -0.15) is 0 Å². The highest BCUT2D eigenvalue weighted by Gasteiger charge is 2.48. The molecule has 1 rings (SSSR count). The number of rotatable bonds is 10. The van der Waals surface area contributed by atoms with E-state index < -0.39 is 30.1 Å². The van der Waals surface area contributed by atoms with Crippen molar-refractivity contribution in [1.29, 1.82) is 0 Å². The van der Waals surface area contributed by atoms with Crippen molar-refractivity contribution in [2.75, 3.05) is 7.11 Å². The highest BCUT2D eigenvalue weighted by Crippen LogP contribution is 2.40. The zero-order valence-corrected chi connectivity index (χ0v) is 16.1. The third-order valence-corrected chi connectivity index (χ3v) is 4.80. The van der Waals surface area contributed by atoms with Gasteiger partial charge in [0.15, 0.2) is 0 Å². The van der Waals surface area contributed by atoms with Crippen LogP contribution in [0.1, 0.15) is 65.7 Å². The number of methoxy groups -OCH3 is 1. The monoisotopic (exact) mass is 370 g/mol. The Hall–Kier alpha value is -1.92. The van der Waals surface area contributed by atoms with Crippen LogP contribution in [0.15, 0.2) is 0 Å². The fraction of sp³-hybridized carbons (Fsp3) is 0.789. The first-order valence-corrected chi connectivity index (χ1v) is 9.18. The summed E-state index contributed by atoms with van der Waals surface area (Å²) in [4.78, 5) is 46.0. The summed E-state index contributed by atoms with van der Waals surface area (Å²) >= 11 is 0. The first-order valence-electron chi connectivity index (χ1n) is 9.18. The lowest BCUT2D eigenvalue weighted by Gasteiger charge is -2.24. The van der Waals surface area contributed by atoms with Gasteiger partial charge in [0.05, 0.1) is 13.0 Å². The number of carbonyl (C=O) groups is 4.